The van der Waals surface area contributed by atoms with E-state index in [0.717, 1.165) is 22.3 Å². The van der Waals surface area contributed by atoms with Crippen molar-refractivity contribution in [3.63, 3.8) is 0 Å². The van der Waals surface area contributed by atoms with Gasteiger partial charge in [-0.1, -0.05) is 69.3 Å². The molecule has 0 radical (unpaired) electrons. The van der Waals surface area contributed by atoms with Crippen LogP contribution < -0.4 is 10.6 Å². The van der Waals surface area contributed by atoms with Gasteiger partial charge in [0.25, 0.3) is 0 Å². The molecule has 2 aromatic carbocycles. The molecule has 1 unspecified atom stereocenters. The highest BCUT2D eigenvalue weighted by molar-refractivity contribution is 5.89. The molecule has 0 bridgehead atoms. The highest BCUT2D eigenvalue weighted by Gasteiger charge is 2.31. The first kappa shape index (κ1) is 22.3. The fraction of sp³-hybridized carbons (Fsp3) is 0.375. The molecule has 2 atom stereocenters. The molecule has 0 aromatic heterocycles. The van der Waals surface area contributed by atoms with E-state index in [1.807, 2.05) is 36.4 Å². The molecule has 7 heteroatoms. The highest BCUT2D eigenvalue weighted by atomic mass is 16.5. The number of carbonyl (C=O) groups excluding carboxylic acids is 2. The van der Waals surface area contributed by atoms with Gasteiger partial charge in [0.2, 0.25) is 5.91 Å². The minimum atomic E-state index is -1.11. The zero-order valence-corrected chi connectivity index (χ0v) is 17.9. The Morgan fingerprint density at radius 1 is 0.968 bits per heavy atom. The Morgan fingerprint density at radius 3 is 2.00 bits per heavy atom. The second-order valence-corrected chi connectivity index (χ2v) is 8.00. The predicted octanol–water partition coefficient (Wildman–Crippen LogP) is 3.53. The maximum atomic E-state index is 12.5. The summed E-state index contributed by atoms with van der Waals surface area (Å²) in [6, 6.07) is 14.2. The molecule has 0 fully saturated rings. The monoisotopic (exact) mass is 424 g/mol. The Hall–Kier alpha value is -3.35. The molecule has 1 aliphatic rings. The number of carboxylic acids is 1. The Balaban J connectivity index is 1.66. The minimum Gasteiger partial charge on any atom is -0.480 e. The standard InChI is InChI=1S/C24H28N2O5/c1-4-20(23(28)29)25-22(27)21(14(2)3)26-24(30)31-13-19-17-11-7-5-9-15(17)16-10-6-8-12-18(16)19/h5-12,14,19-21H,4,13H2,1-3H3,(H,25,27)(H,26,30)(H,28,29)/t20?,21-/m1/s1. The minimum absolute atomic E-state index is 0.0824. The Morgan fingerprint density at radius 2 is 1.52 bits per heavy atom. The summed E-state index contributed by atoms with van der Waals surface area (Å²) in [4.78, 5) is 36.2. The molecule has 0 heterocycles. The molecule has 0 saturated heterocycles. The number of rotatable bonds is 8. The smallest absolute Gasteiger partial charge is 0.407 e. The molecule has 0 saturated carbocycles. The summed E-state index contributed by atoms with van der Waals surface area (Å²) in [5.74, 6) is -1.98. The van der Waals surface area contributed by atoms with Crippen LogP contribution in [0.5, 0.6) is 0 Å². The van der Waals surface area contributed by atoms with Gasteiger partial charge in [-0.25, -0.2) is 9.59 Å². The van der Waals surface area contributed by atoms with E-state index in [-0.39, 0.29) is 24.9 Å². The number of hydrogen-bond donors (Lipinski definition) is 3. The number of alkyl carbamates (subject to hydrolysis) is 1. The van der Waals surface area contributed by atoms with Crippen LogP contribution in [-0.2, 0) is 14.3 Å². The normalized spacial score (nSPS) is 14.3. The van der Waals surface area contributed by atoms with E-state index in [1.165, 1.54) is 0 Å². The van der Waals surface area contributed by atoms with Gasteiger partial charge < -0.3 is 20.5 Å². The van der Waals surface area contributed by atoms with Crippen molar-refractivity contribution < 1.29 is 24.2 Å². The second-order valence-electron chi connectivity index (χ2n) is 8.00. The lowest BCUT2D eigenvalue weighted by Gasteiger charge is -2.24. The van der Waals surface area contributed by atoms with Crippen molar-refractivity contribution in [2.24, 2.45) is 5.92 Å². The summed E-state index contributed by atoms with van der Waals surface area (Å²) in [7, 11) is 0. The third-order valence-corrected chi connectivity index (χ3v) is 5.59. The Bertz CT molecular complexity index is 926. The summed E-state index contributed by atoms with van der Waals surface area (Å²) in [6.07, 6.45) is -0.462. The fourth-order valence-corrected chi connectivity index (χ4v) is 3.90. The zero-order chi connectivity index (χ0) is 22.5. The molecule has 31 heavy (non-hydrogen) atoms. The summed E-state index contributed by atoms with van der Waals surface area (Å²) < 4.78 is 5.50. The van der Waals surface area contributed by atoms with Gasteiger partial charge in [-0.05, 0) is 34.6 Å². The third-order valence-electron chi connectivity index (χ3n) is 5.59. The van der Waals surface area contributed by atoms with Crippen LogP contribution in [0.1, 0.15) is 44.2 Å². The number of carbonyl (C=O) groups is 3. The van der Waals surface area contributed by atoms with Gasteiger partial charge in [-0.3, -0.25) is 4.79 Å². The van der Waals surface area contributed by atoms with Gasteiger partial charge in [0.15, 0.2) is 0 Å². The number of carboxylic acid groups (broad SMARTS) is 1. The maximum Gasteiger partial charge on any atom is 0.407 e. The first-order valence-electron chi connectivity index (χ1n) is 10.5. The van der Waals surface area contributed by atoms with Gasteiger partial charge in [-0.2, -0.15) is 0 Å². The summed E-state index contributed by atoms with van der Waals surface area (Å²) in [5, 5.41) is 14.2. The average molecular weight is 424 g/mol. The van der Waals surface area contributed by atoms with Crippen molar-refractivity contribution in [1.82, 2.24) is 10.6 Å². The molecule has 164 valence electrons. The van der Waals surface area contributed by atoms with Gasteiger partial charge in [0.05, 0.1) is 0 Å². The molecular weight excluding hydrogens is 396 g/mol. The summed E-state index contributed by atoms with van der Waals surface area (Å²) >= 11 is 0. The topological polar surface area (TPSA) is 105 Å². The van der Waals surface area contributed by atoms with Crippen molar-refractivity contribution in [2.75, 3.05) is 6.61 Å². The van der Waals surface area contributed by atoms with E-state index < -0.39 is 30.1 Å². The molecule has 2 amide bonds. The van der Waals surface area contributed by atoms with E-state index in [2.05, 4.69) is 22.8 Å². The molecule has 3 N–H and O–H groups in total. The number of fused-ring (bicyclic) bond motifs is 3. The van der Waals surface area contributed by atoms with E-state index in [1.54, 1.807) is 20.8 Å². The van der Waals surface area contributed by atoms with Crippen molar-refractivity contribution in [3.8, 4) is 11.1 Å². The predicted molar refractivity (Wildman–Crippen MR) is 117 cm³/mol. The van der Waals surface area contributed by atoms with Gasteiger partial charge in [-0.15, -0.1) is 0 Å². The number of amides is 2. The molecule has 0 spiro atoms. The summed E-state index contributed by atoms with van der Waals surface area (Å²) in [5.41, 5.74) is 4.46. The summed E-state index contributed by atoms with van der Waals surface area (Å²) in [6.45, 7) is 5.35. The Kier molecular flexibility index (Phi) is 6.95. The molecule has 7 nitrogen and oxygen atoms in total. The van der Waals surface area contributed by atoms with Crippen LogP contribution in [0.4, 0.5) is 4.79 Å². The largest absolute Gasteiger partial charge is 0.480 e. The molecule has 0 aliphatic heterocycles. The van der Waals surface area contributed by atoms with Crippen LogP contribution in [0.3, 0.4) is 0 Å². The molecule has 2 aromatic rings. The Labute approximate surface area is 181 Å². The SMILES string of the molecule is CCC(NC(=O)[C@H](NC(=O)OCC1c2ccccc2-c2ccccc21)C(C)C)C(=O)O. The van der Waals surface area contributed by atoms with E-state index in [4.69, 9.17) is 9.84 Å². The number of benzene rings is 2. The van der Waals surface area contributed by atoms with Crippen LogP contribution in [0.25, 0.3) is 11.1 Å². The van der Waals surface area contributed by atoms with Crippen LogP contribution in [0.2, 0.25) is 0 Å². The number of aliphatic carboxylic acids is 1. The number of nitrogens with one attached hydrogen (secondary N) is 2. The van der Waals surface area contributed by atoms with Crippen LogP contribution in [-0.4, -0.2) is 41.8 Å². The second kappa shape index (κ2) is 9.64. The molecular formula is C24H28N2O5. The first-order valence-corrected chi connectivity index (χ1v) is 10.5. The van der Waals surface area contributed by atoms with Gasteiger partial charge >= 0.3 is 12.1 Å². The maximum absolute atomic E-state index is 12.5. The van der Waals surface area contributed by atoms with Crippen molar-refractivity contribution in [1.29, 1.82) is 0 Å². The average Bonchev–Trinajstić information content (AvgIpc) is 3.07. The lowest BCUT2D eigenvalue weighted by Crippen LogP contribution is -2.53. The highest BCUT2D eigenvalue weighted by Crippen LogP contribution is 2.44. The van der Waals surface area contributed by atoms with Gasteiger partial charge in [0.1, 0.15) is 18.7 Å². The quantitative estimate of drug-likeness (QED) is 0.601. The lowest BCUT2D eigenvalue weighted by molar-refractivity contribution is -0.142. The number of hydrogen-bond acceptors (Lipinski definition) is 4. The van der Waals surface area contributed by atoms with Crippen molar-refractivity contribution >= 4 is 18.0 Å². The zero-order valence-electron chi connectivity index (χ0n) is 17.9. The molecule has 1 aliphatic carbocycles. The van der Waals surface area contributed by atoms with E-state index in [0.29, 0.717) is 0 Å². The molecule has 3 rings (SSSR count). The third kappa shape index (κ3) is 4.87. The van der Waals surface area contributed by atoms with Crippen molar-refractivity contribution in [2.45, 2.75) is 45.2 Å². The van der Waals surface area contributed by atoms with Gasteiger partial charge in [0, 0.05) is 5.92 Å². The number of ether oxygens (including phenoxy) is 1. The first-order chi connectivity index (χ1) is 14.8. The fourth-order valence-electron chi connectivity index (χ4n) is 3.90. The lowest BCUT2D eigenvalue weighted by atomic mass is 9.98. The van der Waals surface area contributed by atoms with Crippen LogP contribution in [0.15, 0.2) is 48.5 Å². The van der Waals surface area contributed by atoms with Crippen LogP contribution >= 0.6 is 0 Å². The van der Waals surface area contributed by atoms with E-state index >= 15 is 0 Å². The van der Waals surface area contributed by atoms with E-state index in [9.17, 15) is 14.4 Å². The van der Waals surface area contributed by atoms with Crippen LogP contribution in [0, 0.1) is 5.92 Å². The van der Waals surface area contributed by atoms with Crippen molar-refractivity contribution in [3.05, 3.63) is 59.7 Å².